The highest BCUT2D eigenvalue weighted by atomic mass is 32.2. The van der Waals surface area contributed by atoms with Gasteiger partial charge in [-0.3, -0.25) is 10.9 Å². The van der Waals surface area contributed by atoms with Gasteiger partial charge >= 0.3 is 0 Å². The Morgan fingerprint density at radius 1 is 0.870 bits per heavy atom. The summed E-state index contributed by atoms with van der Waals surface area (Å²) < 4.78 is 10.7. The molecular formula is C17H17N3O2S. The molecule has 0 saturated heterocycles. The first-order valence-corrected chi connectivity index (χ1v) is 7.93. The Balaban J connectivity index is 1.82. The van der Waals surface area contributed by atoms with E-state index in [1.165, 1.54) is 11.8 Å². The molecule has 0 fully saturated rings. The minimum atomic E-state index is 0.738. The first-order chi connectivity index (χ1) is 11.3. The van der Waals surface area contributed by atoms with E-state index in [-0.39, 0.29) is 0 Å². The average Bonchev–Trinajstić information content (AvgIpc) is 2.63. The van der Waals surface area contributed by atoms with Crippen molar-refractivity contribution < 1.29 is 9.47 Å². The number of hydrazine groups is 1. The minimum absolute atomic E-state index is 0.738. The van der Waals surface area contributed by atoms with Crippen molar-refractivity contribution in [3.63, 3.8) is 0 Å². The van der Waals surface area contributed by atoms with Gasteiger partial charge in [0.05, 0.1) is 19.9 Å². The highest BCUT2D eigenvalue weighted by Gasteiger charge is 2.14. The van der Waals surface area contributed by atoms with Crippen LogP contribution in [-0.4, -0.2) is 19.4 Å². The van der Waals surface area contributed by atoms with E-state index in [1.807, 2.05) is 53.9 Å². The SMILES string of the molecule is COc1ccccc1N=C1NNC(c2ccccc2OC)=CS1. The van der Waals surface area contributed by atoms with Gasteiger partial charge in [0.1, 0.15) is 17.2 Å². The predicted molar refractivity (Wildman–Crippen MR) is 94.9 cm³/mol. The van der Waals surface area contributed by atoms with Crippen LogP contribution in [0.2, 0.25) is 0 Å². The van der Waals surface area contributed by atoms with E-state index in [9.17, 15) is 0 Å². The number of amidine groups is 1. The lowest BCUT2D eigenvalue weighted by Gasteiger charge is -2.20. The van der Waals surface area contributed by atoms with Crippen molar-refractivity contribution in [2.24, 2.45) is 4.99 Å². The van der Waals surface area contributed by atoms with Gasteiger partial charge < -0.3 is 9.47 Å². The normalized spacial score (nSPS) is 15.4. The molecule has 0 saturated carbocycles. The number of para-hydroxylation sites is 3. The van der Waals surface area contributed by atoms with E-state index >= 15 is 0 Å². The molecule has 0 spiro atoms. The van der Waals surface area contributed by atoms with Crippen LogP contribution in [0.25, 0.3) is 5.70 Å². The summed E-state index contributed by atoms with van der Waals surface area (Å²) in [6.45, 7) is 0. The molecular weight excluding hydrogens is 310 g/mol. The second-order valence-corrected chi connectivity index (χ2v) is 5.55. The Kier molecular flexibility index (Phi) is 4.73. The second kappa shape index (κ2) is 7.11. The molecule has 23 heavy (non-hydrogen) atoms. The van der Waals surface area contributed by atoms with E-state index in [4.69, 9.17) is 9.47 Å². The van der Waals surface area contributed by atoms with Crippen LogP contribution in [0.1, 0.15) is 5.56 Å². The number of methoxy groups -OCH3 is 2. The summed E-state index contributed by atoms with van der Waals surface area (Å²) in [5, 5.41) is 2.75. The third kappa shape index (κ3) is 3.43. The topological polar surface area (TPSA) is 54.9 Å². The molecule has 0 radical (unpaired) electrons. The molecule has 6 heteroatoms. The first kappa shape index (κ1) is 15.3. The lowest BCUT2D eigenvalue weighted by Crippen LogP contribution is -2.36. The van der Waals surface area contributed by atoms with Crippen LogP contribution in [0.4, 0.5) is 5.69 Å². The van der Waals surface area contributed by atoms with Gasteiger partial charge in [0, 0.05) is 11.0 Å². The number of thioether (sulfide) groups is 1. The summed E-state index contributed by atoms with van der Waals surface area (Å²) in [6, 6.07) is 15.5. The Labute approximate surface area is 139 Å². The van der Waals surface area contributed by atoms with Gasteiger partial charge in [0.15, 0.2) is 5.17 Å². The highest BCUT2D eigenvalue weighted by Crippen LogP contribution is 2.30. The van der Waals surface area contributed by atoms with Gasteiger partial charge in [-0.15, -0.1) is 0 Å². The summed E-state index contributed by atoms with van der Waals surface area (Å²) in [4.78, 5) is 4.56. The van der Waals surface area contributed by atoms with E-state index in [1.54, 1.807) is 14.2 Å². The largest absolute Gasteiger partial charge is 0.496 e. The quantitative estimate of drug-likeness (QED) is 0.900. The van der Waals surface area contributed by atoms with Crippen molar-refractivity contribution in [2.45, 2.75) is 0 Å². The maximum Gasteiger partial charge on any atom is 0.185 e. The molecule has 0 atom stereocenters. The fraction of sp³-hybridized carbons (Fsp3) is 0.118. The van der Waals surface area contributed by atoms with E-state index in [2.05, 4.69) is 15.8 Å². The molecule has 2 N–H and O–H groups in total. The number of hydrogen-bond donors (Lipinski definition) is 2. The molecule has 1 aliphatic heterocycles. The monoisotopic (exact) mass is 327 g/mol. The first-order valence-electron chi connectivity index (χ1n) is 7.06. The molecule has 0 unspecified atom stereocenters. The molecule has 1 aliphatic rings. The number of hydrogen-bond acceptors (Lipinski definition) is 5. The molecule has 118 valence electrons. The third-order valence-corrected chi connectivity index (χ3v) is 4.07. The van der Waals surface area contributed by atoms with Crippen molar-refractivity contribution in [3.8, 4) is 11.5 Å². The van der Waals surface area contributed by atoms with Crippen LogP contribution < -0.4 is 20.3 Å². The van der Waals surface area contributed by atoms with Crippen LogP contribution >= 0.6 is 11.8 Å². The molecule has 1 heterocycles. The Hall–Kier alpha value is -2.60. The molecule has 0 aliphatic carbocycles. The molecule has 2 aromatic carbocycles. The van der Waals surface area contributed by atoms with Gasteiger partial charge in [-0.1, -0.05) is 36.0 Å². The Bertz CT molecular complexity index is 759. The van der Waals surface area contributed by atoms with Crippen molar-refractivity contribution in [2.75, 3.05) is 14.2 Å². The van der Waals surface area contributed by atoms with Crippen LogP contribution in [0.3, 0.4) is 0 Å². The lowest BCUT2D eigenvalue weighted by molar-refractivity contribution is 0.413. The average molecular weight is 327 g/mol. The summed E-state index contributed by atoms with van der Waals surface area (Å²) >= 11 is 1.50. The van der Waals surface area contributed by atoms with E-state index in [0.717, 1.165) is 33.6 Å². The van der Waals surface area contributed by atoms with Crippen molar-refractivity contribution >= 4 is 28.3 Å². The van der Waals surface area contributed by atoms with Crippen LogP contribution in [-0.2, 0) is 0 Å². The maximum atomic E-state index is 5.39. The van der Waals surface area contributed by atoms with Gasteiger partial charge in [-0.05, 0) is 24.3 Å². The van der Waals surface area contributed by atoms with Crippen molar-refractivity contribution in [1.82, 2.24) is 10.9 Å². The van der Waals surface area contributed by atoms with Crippen LogP contribution in [0, 0.1) is 0 Å². The van der Waals surface area contributed by atoms with Gasteiger partial charge in [0.2, 0.25) is 0 Å². The second-order valence-electron chi connectivity index (χ2n) is 4.69. The molecule has 0 amide bonds. The van der Waals surface area contributed by atoms with Crippen molar-refractivity contribution in [3.05, 3.63) is 59.5 Å². The maximum absolute atomic E-state index is 5.39. The highest BCUT2D eigenvalue weighted by molar-refractivity contribution is 8.16. The van der Waals surface area contributed by atoms with Crippen LogP contribution in [0.15, 0.2) is 58.9 Å². The van der Waals surface area contributed by atoms with Crippen molar-refractivity contribution in [1.29, 1.82) is 0 Å². The molecule has 0 aromatic heterocycles. The summed E-state index contributed by atoms with van der Waals surface area (Å²) in [5.74, 6) is 1.56. The van der Waals surface area contributed by atoms with E-state index < -0.39 is 0 Å². The number of nitrogens with zero attached hydrogens (tertiary/aromatic N) is 1. The zero-order valence-electron chi connectivity index (χ0n) is 12.9. The zero-order valence-corrected chi connectivity index (χ0v) is 13.7. The Morgan fingerprint density at radius 3 is 2.26 bits per heavy atom. The van der Waals surface area contributed by atoms with Gasteiger partial charge in [-0.2, -0.15) is 0 Å². The number of ether oxygens (including phenoxy) is 2. The summed E-state index contributed by atoms with van der Waals surface area (Å²) in [6.07, 6.45) is 0. The molecule has 2 aromatic rings. The number of aliphatic imine (C=N–C) groups is 1. The van der Waals surface area contributed by atoms with Gasteiger partial charge in [-0.25, -0.2) is 4.99 Å². The molecule has 0 bridgehead atoms. The van der Waals surface area contributed by atoms with Crippen LogP contribution in [0.5, 0.6) is 11.5 Å². The molecule has 3 rings (SSSR count). The fourth-order valence-electron chi connectivity index (χ4n) is 2.18. The Morgan fingerprint density at radius 2 is 1.57 bits per heavy atom. The number of benzene rings is 2. The van der Waals surface area contributed by atoms with Gasteiger partial charge in [0.25, 0.3) is 0 Å². The lowest BCUT2D eigenvalue weighted by atomic mass is 10.1. The summed E-state index contributed by atoms with van der Waals surface area (Å²) in [5.41, 5.74) is 8.97. The number of nitrogens with one attached hydrogen (secondary N) is 2. The van der Waals surface area contributed by atoms with E-state index in [0.29, 0.717) is 0 Å². The number of rotatable bonds is 4. The fourth-order valence-corrected chi connectivity index (χ4v) is 2.85. The standard InChI is InChI=1S/C17H17N3O2S/c1-21-15-9-5-3-7-12(15)14-11-23-17(20-19-14)18-13-8-4-6-10-16(13)22-2/h3-11,19H,1-2H3,(H,18,20). The molecule has 5 nitrogen and oxygen atoms in total. The summed E-state index contributed by atoms with van der Waals surface area (Å²) in [7, 11) is 3.30. The smallest absolute Gasteiger partial charge is 0.185 e. The predicted octanol–water partition coefficient (Wildman–Crippen LogP) is 3.53. The third-order valence-electron chi connectivity index (χ3n) is 3.30. The minimum Gasteiger partial charge on any atom is -0.496 e. The zero-order chi connectivity index (χ0) is 16.1.